The van der Waals surface area contributed by atoms with E-state index in [0.717, 1.165) is 41.8 Å². The molecule has 0 saturated carbocycles. The van der Waals surface area contributed by atoms with Crippen LogP contribution in [-0.2, 0) is 0 Å². The highest BCUT2D eigenvalue weighted by molar-refractivity contribution is 7.15. The number of halogens is 1. The minimum atomic E-state index is -0.300. The Morgan fingerprint density at radius 1 is 1.19 bits per heavy atom. The van der Waals surface area contributed by atoms with E-state index < -0.39 is 0 Å². The summed E-state index contributed by atoms with van der Waals surface area (Å²) in [5.41, 5.74) is 8.98. The molecule has 0 fully saturated rings. The quantitative estimate of drug-likeness (QED) is 0.399. The third-order valence-corrected chi connectivity index (χ3v) is 6.08. The van der Waals surface area contributed by atoms with Crippen molar-refractivity contribution in [2.45, 2.75) is 46.5 Å². The Morgan fingerprint density at radius 3 is 2.68 bits per heavy atom. The van der Waals surface area contributed by atoms with Crippen LogP contribution in [0, 0.1) is 13.8 Å². The minimum Gasteiger partial charge on any atom is -0.396 e. The lowest BCUT2D eigenvalue weighted by atomic mass is 10.1. The van der Waals surface area contributed by atoms with Crippen molar-refractivity contribution in [3.63, 3.8) is 0 Å². The highest BCUT2D eigenvalue weighted by Crippen LogP contribution is 2.29. The van der Waals surface area contributed by atoms with Crippen LogP contribution in [0.25, 0.3) is 11.3 Å². The molecule has 3 aromatic heterocycles. The number of urea groups is 1. The molecule has 0 aliphatic heterocycles. The van der Waals surface area contributed by atoms with E-state index in [1.54, 1.807) is 35.5 Å². The Hall–Kier alpha value is -2.71. The molecule has 3 aromatic rings. The number of unbranched alkanes of at least 4 members (excludes halogenated alkanes) is 3. The normalized spacial score (nSPS) is 10.8. The zero-order chi connectivity index (χ0) is 22.4. The van der Waals surface area contributed by atoms with Crippen LogP contribution in [0.5, 0.6) is 0 Å². The molecule has 3 heterocycles. The molecular formula is C22H27ClN6OS. The molecule has 0 saturated heterocycles. The molecular weight excluding hydrogens is 432 g/mol. The van der Waals surface area contributed by atoms with Crippen LogP contribution in [-0.4, -0.2) is 27.5 Å². The number of carbonyl (C=O) groups is 1. The van der Waals surface area contributed by atoms with Crippen molar-refractivity contribution in [1.82, 2.24) is 15.0 Å². The molecule has 0 aliphatic carbocycles. The molecule has 2 amide bonds. The second-order valence-corrected chi connectivity index (χ2v) is 8.94. The molecule has 0 atom stereocenters. The van der Waals surface area contributed by atoms with E-state index in [2.05, 4.69) is 22.2 Å². The average molecular weight is 459 g/mol. The van der Waals surface area contributed by atoms with Crippen LogP contribution in [0.4, 0.5) is 21.4 Å². The number of thiazole rings is 1. The highest BCUT2D eigenvalue weighted by Gasteiger charge is 2.21. The summed E-state index contributed by atoms with van der Waals surface area (Å²) in [7, 11) is 0. The third kappa shape index (κ3) is 5.92. The Morgan fingerprint density at radius 2 is 2.00 bits per heavy atom. The number of aromatic nitrogens is 3. The van der Waals surface area contributed by atoms with Gasteiger partial charge < -0.3 is 5.73 Å². The fourth-order valence-corrected chi connectivity index (χ4v) is 4.05. The first-order valence-electron chi connectivity index (χ1n) is 10.3. The zero-order valence-electron chi connectivity index (χ0n) is 18.0. The Kier molecular flexibility index (Phi) is 7.81. The summed E-state index contributed by atoms with van der Waals surface area (Å²) in [6.45, 7) is 6.56. The van der Waals surface area contributed by atoms with Crippen molar-refractivity contribution < 1.29 is 4.79 Å². The van der Waals surface area contributed by atoms with Gasteiger partial charge in [0.05, 0.1) is 22.1 Å². The van der Waals surface area contributed by atoms with Gasteiger partial charge in [-0.2, -0.15) is 0 Å². The monoisotopic (exact) mass is 458 g/mol. The largest absolute Gasteiger partial charge is 0.396 e. The zero-order valence-corrected chi connectivity index (χ0v) is 19.6. The molecule has 31 heavy (non-hydrogen) atoms. The number of nitrogen functional groups attached to an aromatic ring is 1. The van der Waals surface area contributed by atoms with Crippen LogP contribution < -0.4 is 16.0 Å². The van der Waals surface area contributed by atoms with Gasteiger partial charge in [-0.15, -0.1) is 11.3 Å². The lowest BCUT2D eigenvalue weighted by Gasteiger charge is -2.23. The number of hydrogen-bond acceptors (Lipinski definition) is 6. The number of amides is 2. The molecule has 164 valence electrons. The standard InChI is InChI=1S/C22H27ClN6OS/c1-4-5-6-7-10-29(22(30)28-21-26-14(2)15(3)31-21)20-18(24)8-9-19(27-20)16-11-17(23)13-25-12-16/h8-9,11-13H,4-7,10,24H2,1-3H3,(H,26,28,30). The Labute approximate surface area is 191 Å². The summed E-state index contributed by atoms with van der Waals surface area (Å²) in [5.74, 6) is 0.413. The van der Waals surface area contributed by atoms with Crippen LogP contribution in [0.3, 0.4) is 0 Å². The average Bonchev–Trinajstić information content (AvgIpc) is 3.05. The van der Waals surface area contributed by atoms with E-state index in [-0.39, 0.29) is 6.03 Å². The number of anilines is 3. The SMILES string of the molecule is CCCCCCN(C(=O)Nc1nc(C)c(C)s1)c1nc(-c2cncc(Cl)c2)ccc1N. The van der Waals surface area contributed by atoms with Crippen molar-refractivity contribution >= 4 is 45.6 Å². The molecule has 9 heteroatoms. The maximum Gasteiger partial charge on any atom is 0.329 e. The molecule has 3 N–H and O–H groups in total. The van der Waals surface area contributed by atoms with E-state index in [4.69, 9.17) is 22.3 Å². The van der Waals surface area contributed by atoms with Gasteiger partial charge in [-0.25, -0.2) is 14.8 Å². The second kappa shape index (κ2) is 10.5. The van der Waals surface area contributed by atoms with E-state index >= 15 is 0 Å². The van der Waals surface area contributed by atoms with Crippen LogP contribution >= 0.6 is 22.9 Å². The lowest BCUT2D eigenvalue weighted by Crippen LogP contribution is -2.37. The molecule has 0 aromatic carbocycles. The van der Waals surface area contributed by atoms with Gasteiger partial charge in [-0.3, -0.25) is 15.2 Å². The maximum absolute atomic E-state index is 13.2. The summed E-state index contributed by atoms with van der Waals surface area (Å²) >= 11 is 7.54. The van der Waals surface area contributed by atoms with Crippen molar-refractivity contribution in [2.24, 2.45) is 0 Å². The second-order valence-electron chi connectivity index (χ2n) is 7.30. The van der Waals surface area contributed by atoms with E-state index in [1.807, 2.05) is 13.8 Å². The summed E-state index contributed by atoms with van der Waals surface area (Å²) in [6, 6.07) is 5.03. The first-order valence-corrected chi connectivity index (χ1v) is 11.5. The molecule has 0 radical (unpaired) electrons. The molecule has 0 bridgehead atoms. The van der Waals surface area contributed by atoms with Gasteiger partial charge >= 0.3 is 6.03 Å². The predicted molar refractivity (Wildman–Crippen MR) is 129 cm³/mol. The maximum atomic E-state index is 13.2. The number of hydrogen-bond donors (Lipinski definition) is 2. The van der Waals surface area contributed by atoms with Gasteiger partial charge in [-0.05, 0) is 38.5 Å². The third-order valence-electron chi connectivity index (χ3n) is 4.88. The van der Waals surface area contributed by atoms with Crippen molar-refractivity contribution in [1.29, 1.82) is 0 Å². The fourth-order valence-electron chi connectivity index (χ4n) is 3.07. The Balaban J connectivity index is 1.91. The van der Waals surface area contributed by atoms with Crippen molar-refractivity contribution in [3.05, 3.63) is 46.2 Å². The molecule has 0 unspecified atom stereocenters. The predicted octanol–water partition coefficient (Wildman–Crippen LogP) is 6.07. The minimum absolute atomic E-state index is 0.300. The molecule has 3 rings (SSSR count). The smallest absolute Gasteiger partial charge is 0.329 e. The summed E-state index contributed by atoms with van der Waals surface area (Å²) in [5, 5.41) is 3.98. The number of pyridine rings is 2. The number of nitrogens with two attached hydrogens (primary N) is 1. The van der Waals surface area contributed by atoms with Crippen molar-refractivity contribution in [3.8, 4) is 11.3 Å². The highest BCUT2D eigenvalue weighted by atomic mass is 35.5. The number of nitrogens with one attached hydrogen (secondary N) is 1. The van der Waals surface area contributed by atoms with Crippen LogP contribution in [0.1, 0.15) is 43.2 Å². The summed E-state index contributed by atoms with van der Waals surface area (Å²) in [6.07, 6.45) is 7.34. The number of rotatable bonds is 8. The van der Waals surface area contributed by atoms with E-state index in [9.17, 15) is 4.79 Å². The van der Waals surface area contributed by atoms with Gasteiger partial charge in [-0.1, -0.05) is 37.8 Å². The van der Waals surface area contributed by atoms with Gasteiger partial charge in [0.1, 0.15) is 0 Å². The lowest BCUT2D eigenvalue weighted by molar-refractivity contribution is 0.256. The first kappa shape index (κ1) is 23.0. The van der Waals surface area contributed by atoms with E-state index in [1.165, 1.54) is 11.3 Å². The van der Waals surface area contributed by atoms with Crippen LogP contribution in [0.2, 0.25) is 5.02 Å². The summed E-state index contributed by atoms with van der Waals surface area (Å²) < 4.78 is 0. The molecule has 0 aliphatic rings. The number of carbonyl (C=O) groups excluding carboxylic acids is 1. The topological polar surface area (TPSA) is 97.0 Å². The first-order chi connectivity index (χ1) is 14.9. The van der Waals surface area contributed by atoms with Gasteiger partial charge in [0.25, 0.3) is 0 Å². The molecule has 0 spiro atoms. The van der Waals surface area contributed by atoms with Gasteiger partial charge in [0.2, 0.25) is 0 Å². The number of nitrogens with zero attached hydrogens (tertiary/aromatic N) is 4. The van der Waals surface area contributed by atoms with Crippen LogP contribution in [0.15, 0.2) is 30.6 Å². The van der Waals surface area contributed by atoms with Crippen molar-refractivity contribution in [2.75, 3.05) is 22.5 Å². The van der Waals surface area contributed by atoms with Gasteiger partial charge in [0.15, 0.2) is 10.9 Å². The molecule has 7 nitrogen and oxygen atoms in total. The van der Waals surface area contributed by atoms with E-state index in [0.29, 0.717) is 33.9 Å². The summed E-state index contributed by atoms with van der Waals surface area (Å²) in [4.78, 5) is 29.1. The van der Waals surface area contributed by atoms with Gasteiger partial charge in [0, 0.05) is 29.4 Å². The fraction of sp³-hybridized carbons (Fsp3) is 0.364. The Bertz CT molecular complexity index is 1030. The number of aryl methyl sites for hydroxylation is 2.